The van der Waals surface area contributed by atoms with E-state index in [0.29, 0.717) is 11.3 Å². The van der Waals surface area contributed by atoms with E-state index in [2.05, 4.69) is 0 Å². The van der Waals surface area contributed by atoms with Crippen LogP contribution in [0, 0.1) is 0 Å². The van der Waals surface area contributed by atoms with Gasteiger partial charge in [-0.1, -0.05) is 41.9 Å². The van der Waals surface area contributed by atoms with Crippen LogP contribution in [0.3, 0.4) is 0 Å². The normalized spacial score (nSPS) is 18.5. The smallest absolute Gasteiger partial charge is 0.295 e. The Morgan fingerprint density at radius 2 is 1.86 bits per heavy atom. The molecule has 1 N–H and O–H groups in total. The topological polar surface area (TPSA) is 76.1 Å². The summed E-state index contributed by atoms with van der Waals surface area (Å²) in [5.41, 5.74) is 0.924. The van der Waals surface area contributed by atoms with E-state index in [9.17, 15) is 14.7 Å². The fourth-order valence-corrected chi connectivity index (χ4v) is 3.45. The van der Waals surface area contributed by atoms with Gasteiger partial charge in [0.15, 0.2) is 0 Å². The van der Waals surface area contributed by atoms with Crippen LogP contribution >= 0.6 is 11.6 Å². The predicted octanol–water partition coefficient (Wildman–Crippen LogP) is 3.42. The van der Waals surface area contributed by atoms with Gasteiger partial charge in [-0.05, 0) is 23.8 Å². The number of aliphatic hydroxyl groups is 1. The van der Waals surface area contributed by atoms with Crippen LogP contribution in [0.1, 0.15) is 17.2 Å². The number of aliphatic hydroxyl groups excluding tert-OH is 1. The molecular weight excluding hydrogens is 382 g/mol. The molecule has 0 bridgehead atoms. The largest absolute Gasteiger partial charge is 0.507 e. The number of Topliss-reactive ketones (excluding diaryl/α,β-unsaturated/α-hetero) is 1. The molecule has 1 amide bonds. The summed E-state index contributed by atoms with van der Waals surface area (Å²) in [5, 5.41) is 11.2. The van der Waals surface area contributed by atoms with Crippen molar-refractivity contribution < 1.29 is 24.2 Å². The molecule has 1 aliphatic rings. The van der Waals surface area contributed by atoms with Gasteiger partial charge in [0.1, 0.15) is 11.5 Å². The van der Waals surface area contributed by atoms with Gasteiger partial charge in [-0.25, -0.2) is 0 Å². The van der Waals surface area contributed by atoms with Crippen LogP contribution in [0.2, 0.25) is 5.02 Å². The minimum absolute atomic E-state index is 0.0116. The lowest BCUT2D eigenvalue weighted by Crippen LogP contribution is -2.32. The highest BCUT2D eigenvalue weighted by Crippen LogP contribution is 2.40. The van der Waals surface area contributed by atoms with Crippen LogP contribution in [0.4, 0.5) is 0 Å². The van der Waals surface area contributed by atoms with Crippen molar-refractivity contribution >= 4 is 29.1 Å². The summed E-state index contributed by atoms with van der Waals surface area (Å²) in [6.07, 6.45) is 0. The summed E-state index contributed by atoms with van der Waals surface area (Å²) in [7, 11) is 3.00. The Bertz CT molecular complexity index is 926. The van der Waals surface area contributed by atoms with Crippen molar-refractivity contribution in [3.8, 4) is 5.75 Å². The van der Waals surface area contributed by atoms with Crippen molar-refractivity contribution in [2.45, 2.75) is 6.04 Å². The van der Waals surface area contributed by atoms with Gasteiger partial charge in [0.2, 0.25) is 0 Å². The fourth-order valence-electron chi connectivity index (χ4n) is 3.24. The highest BCUT2D eigenvalue weighted by Gasteiger charge is 2.46. The van der Waals surface area contributed by atoms with Gasteiger partial charge in [0, 0.05) is 19.2 Å². The third-order valence-electron chi connectivity index (χ3n) is 4.62. The first kappa shape index (κ1) is 19.9. The van der Waals surface area contributed by atoms with Gasteiger partial charge in [-0.15, -0.1) is 0 Å². The average Bonchev–Trinajstić information content (AvgIpc) is 2.97. The monoisotopic (exact) mass is 401 g/mol. The van der Waals surface area contributed by atoms with Crippen LogP contribution in [-0.2, 0) is 14.3 Å². The minimum Gasteiger partial charge on any atom is -0.507 e. The fraction of sp³-hybridized carbons (Fsp3) is 0.238. The molecule has 146 valence electrons. The zero-order valence-electron chi connectivity index (χ0n) is 15.5. The Morgan fingerprint density at radius 3 is 2.50 bits per heavy atom. The molecule has 0 aliphatic carbocycles. The van der Waals surface area contributed by atoms with E-state index < -0.39 is 17.7 Å². The zero-order chi connectivity index (χ0) is 20.3. The van der Waals surface area contributed by atoms with E-state index >= 15 is 0 Å². The molecule has 0 spiro atoms. The molecule has 6 nitrogen and oxygen atoms in total. The maximum atomic E-state index is 12.8. The number of ketones is 1. The second kappa shape index (κ2) is 8.46. The third-order valence-corrected chi connectivity index (χ3v) is 4.95. The Balaban J connectivity index is 2.19. The van der Waals surface area contributed by atoms with Gasteiger partial charge in [0.25, 0.3) is 11.7 Å². The summed E-state index contributed by atoms with van der Waals surface area (Å²) in [6, 6.07) is 13.1. The molecule has 1 atom stereocenters. The minimum atomic E-state index is -0.763. The average molecular weight is 402 g/mol. The molecule has 1 unspecified atom stereocenters. The van der Waals surface area contributed by atoms with E-state index in [1.54, 1.807) is 24.3 Å². The molecule has 1 heterocycles. The van der Waals surface area contributed by atoms with Crippen LogP contribution in [0.5, 0.6) is 5.75 Å². The zero-order valence-corrected chi connectivity index (χ0v) is 16.3. The van der Waals surface area contributed by atoms with Gasteiger partial charge in [-0.3, -0.25) is 9.59 Å². The van der Waals surface area contributed by atoms with Gasteiger partial charge >= 0.3 is 0 Å². The Kier molecular flexibility index (Phi) is 6.02. The number of methoxy groups -OCH3 is 2. The second-order valence-electron chi connectivity index (χ2n) is 6.24. The SMILES string of the molecule is COCCN1C(=O)C(=O)/C(=C(/O)c2cc(OC)ccc2Cl)C1c1ccccc1. The molecule has 1 saturated heterocycles. The number of rotatable bonds is 6. The number of carbonyl (C=O) groups is 2. The number of carbonyl (C=O) groups excluding carboxylic acids is 2. The molecule has 1 aliphatic heterocycles. The van der Waals surface area contributed by atoms with Crippen molar-refractivity contribution in [1.29, 1.82) is 0 Å². The van der Waals surface area contributed by atoms with E-state index in [0.717, 1.165) is 0 Å². The van der Waals surface area contributed by atoms with Crippen molar-refractivity contribution in [2.75, 3.05) is 27.4 Å². The van der Waals surface area contributed by atoms with E-state index in [1.165, 1.54) is 25.2 Å². The Hall–Kier alpha value is -2.83. The number of likely N-dealkylation sites (tertiary alicyclic amines) is 1. The first-order chi connectivity index (χ1) is 13.5. The van der Waals surface area contributed by atoms with Gasteiger partial charge in [0.05, 0.1) is 30.4 Å². The van der Waals surface area contributed by atoms with Crippen LogP contribution < -0.4 is 4.74 Å². The van der Waals surface area contributed by atoms with E-state index in [4.69, 9.17) is 21.1 Å². The van der Waals surface area contributed by atoms with Gasteiger partial charge < -0.3 is 19.5 Å². The molecule has 0 saturated carbocycles. The molecule has 3 rings (SSSR count). The maximum Gasteiger partial charge on any atom is 0.295 e. The number of nitrogens with zero attached hydrogens (tertiary/aromatic N) is 1. The standard InChI is InChI=1S/C21H20ClNO5/c1-27-11-10-23-18(13-6-4-3-5-7-13)17(20(25)21(23)26)19(24)15-12-14(28-2)8-9-16(15)22/h3-9,12,18,24H,10-11H2,1-2H3/b19-17+. The Labute approximate surface area is 167 Å². The van der Waals surface area contributed by atoms with Crippen LogP contribution in [-0.4, -0.2) is 49.1 Å². The van der Waals surface area contributed by atoms with Gasteiger partial charge in [-0.2, -0.15) is 0 Å². The highest BCUT2D eigenvalue weighted by atomic mass is 35.5. The summed E-state index contributed by atoms with van der Waals surface area (Å²) in [6.45, 7) is 0.472. The summed E-state index contributed by atoms with van der Waals surface area (Å²) < 4.78 is 10.3. The van der Waals surface area contributed by atoms with Crippen LogP contribution in [0.25, 0.3) is 5.76 Å². The van der Waals surface area contributed by atoms with Crippen LogP contribution in [0.15, 0.2) is 54.1 Å². The first-order valence-electron chi connectivity index (χ1n) is 8.65. The molecule has 28 heavy (non-hydrogen) atoms. The lowest BCUT2D eigenvalue weighted by molar-refractivity contribution is -0.140. The molecular formula is C21H20ClNO5. The third kappa shape index (κ3) is 3.61. The maximum absolute atomic E-state index is 12.8. The predicted molar refractivity (Wildman–Crippen MR) is 105 cm³/mol. The molecule has 1 fully saturated rings. The number of amides is 1. The van der Waals surface area contributed by atoms with Crippen molar-refractivity contribution in [3.63, 3.8) is 0 Å². The molecule has 2 aromatic carbocycles. The summed E-state index contributed by atoms with van der Waals surface area (Å²) >= 11 is 6.24. The highest BCUT2D eigenvalue weighted by molar-refractivity contribution is 6.47. The van der Waals surface area contributed by atoms with E-state index in [1.807, 2.05) is 18.2 Å². The summed E-state index contributed by atoms with van der Waals surface area (Å²) in [5.74, 6) is -1.32. The lowest BCUT2D eigenvalue weighted by Gasteiger charge is -2.25. The number of hydrogen-bond donors (Lipinski definition) is 1. The van der Waals surface area contributed by atoms with Crippen molar-refractivity contribution in [1.82, 2.24) is 4.90 Å². The molecule has 7 heteroatoms. The first-order valence-corrected chi connectivity index (χ1v) is 9.03. The molecule has 2 aromatic rings. The quantitative estimate of drug-likeness (QED) is 0.456. The number of hydrogen-bond acceptors (Lipinski definition) is 5. The summed E-state index contributed by atoms with van der Waals surface area (Å²) in [4.78, 5) is 26.9. The number of halogens is 1. The number of benzene rings is 2. The number of ether oxygens (including phenoxy) is 2. The Morgan fingerprint density at radius 1 is 1.14 bits per heavy atom. The lowest BCUT2D eigenvalue weighted by atomic mass is 9.95. The second-order valence-corrected chi connectivity index (χ2v) is 6.65. The molecule has 0 radical (unpaired) electrons. The molecule has 0 aromatic heterocycles. The van der Waals surface area contributed by atoms with E-state index in [-0.39, 0.29) is 35.1 Å². The van der Waals surface area contributed by atoms with Crippen molar-refractivity contribution in [3.05, 3.63) is 70.3 Å². The van der Waals surface area contributed by atoms with Crippen molar-refractivity contribution in [2.24, 2.45) is 0 Å².